The average molecular weight is 429 g/mol. The number of nitrogens with zero attached hydrogens (tertiary/aromatic N) is 3. The molecule has 0 aliphatic carbocycles. The second-order valence-corrected chi connectivity index (χ2v) is 7.09. The molecule has 1 aromatic heterocycles. The van der Waals surface area contributed by atoms with Gasteiger partial charge in [0.15, 0.2) is 5.96 Å². The third-order valence-electron chi connectivity index (χ3n) is 4.88. The molecule has 0 unspecified atom stereocenters. The number of benzene rings is 1. The molecule has 0 saturated carbocycles. The van der Waals surface area contributed by atoms with E-state index in [-0.39, 0.29) is 18.0 Å². The van der Waals surface area contributed by atoms with Gasteiger partial charge in [0.05, 0.1) is 6.61 Å². The van der Waals surface area contributed by atoms with E-state index in [4.69, 9.17) is 9.47 Å². The van der Waals surface area contributed by atoms with Crippen molar-refractivity contribution in [3.8, 4) is 11.6 Å². The molecule has 31 heavy (non-hydrogen) atoms. The molecule has 9 heteroatoms. The lowest BCUT2D eigenvalue weighted by atomic mass is 10.1. The number of carbonyl (C=O) groups excluding carboxylic acids is 1. The lowest BCUT2D eigenvalue weighted by Gasteiger charge is -2.32. The number of amides is 1. The Bertz CT molecular complexity index is 883. The fourth-order valence-corrected chi connectivity index (χ4v) is 3.23. The van der Waals surface area contributed by atoms with Crippen LogP contribution in [0.2, 0.25) is 0 Å². The molecule has 1 aromatic carbocycles. The number of aromatic nitrogens is 1. The zero-order chi connectivity index (χ0) is 22.1. The van der Waals surface area contributed by atoms with Gasteiger partial charge in [0, 0.05) is 45.0 Å². The number of guanidine groups is 1. The maximum atomic E-state index is 13.0. The minimum Gasteiger partial charge on any atom is -0.450 e. The molecule has 0 spiro atoms. The van der Waals surface area contributed by atoms with Gasteiger partial charge >= 0.3 is 6.09 Å². The van der Waals surface area contributed by atoms with Gasteiger partial charge in [-0.05, 0) is 55.7 Å². The van der Waals surface area contributed by atoms with Crippen LogP contribution in [-0.4, -0.2) is 54.7 Å². The van der Waals surface area contributed by atoms with E-state index in [0.29, 0.717) is 43.8 Å². The van der Waals surface area contributed by atoms with E-state index in [2.05, 4.69) is 20.6 Å². The molecule has 0 bridgehead atoms. The third-order valence-corrected chi connectivity index (χ3v) is 4.88. The van der Waals surface area contributed by atoms with Crippen molar-refractivity contribution in [2.24, 2.45) is 4.99 Å². The highest BCUT2D eigenvalue weighted by molar-refractivity contribution is 5.80. The highest BCUT2D eigenvalue weighted by Crippen LogP contribution is 2.20. The van der Waals surface area contributed by atoms with Crippen molar-refractivity contribution in [3.05, 3.63) is 54.0 Å². The van der Waals surface area contributed by atoms with Crippen LogP contribution in [0.15, 0.2) is 47.6 Å². The Hall–Kier alpha value is -3.36. The number of halogens is 1. The number of aliphatic imine (C=N–C) groups is 1. The lowest BCUT2D eigenvalue weighted by Crippen LogP contribution is -2.49. The lowest BCUT2D eigenvalue weighted by molar-refractivity contribution is 0.0963. The van der Waals surface area contributed by atoms with Crippen molar-refractivity contribution in [2.75, 3.05) is 26.7 Å². The number of hydrogen-bond donors (Lipinski definition) is 2. The number of ether oxygens (including phenoxy) is 2. The fourth-order valence-electron chi connectivity index (χ4n) is 3.23. The quantitative estimate of drug-likeness (QED) is 0.541. The van der Waals surface area contributed by atoms with E-state index in [1.54, 1.807) is 30.3 Å². The van der Waals surface area contributed by atoms with Crippen molar-refractivity contribution >= 4 is 12.1 Å². The molecule has 0 atom stereocenters. The van der Waals surface area contributed by atoms with Crippen LogP contribution in [0.25, 0.3) is 0 Å². The maximum Gasteiger partial charge on any atom is 0.409 e. The first kappa shape index (κ1) is 22.3. The number of nitrogens with one attached hydrogen (secondary N) is 2. The van der Waals surface area contributed by atoms with Gasteiger partial charge in [0.1, 0.15) is 11.6 Å². The van der Waals surface area contributed by atoms with Crippen LogP contribution in [0.5, 0.6) is 11.6 Å². The van der Waals surface area contributed by atoms with Crippen LogP contribution in [0.3, 0.4) is 0 Å². The Labute approximate surface area is 181 Å². The van der Waals surface area contributed by atoms with Gasteiger partial charge in [0.25, 0.3) is 0 Å². The molecule has 2 heterocycles. The standard InChI is InChI=1S/C22H28FN5O3/c1-3-30-22(29)28-12-9-18(10-13-28)27-21(24-2)26-15-16-8-11-25-20(14-16)31-19-6-4-17(23)5-7-19/h4-8,11,14,18H,3,9-10,12-13,15H2,1-2H3,(H2,24,26,27). The second kappa shape index (κ2) is 11.1. The summed E-state index contributed by atoms with van der Waals surface area (Å²) in [5, 5.41) is 6.69. The molecule has 2 N–H and O–H groups in total. The molecule has 166 valence electrons. The van der Waals surface area contributed by atoms with E-state index in [0.717, 1.165) is 18.4 Å². The predicted molar refractivity (Wildman–Crippen MR) is 116 cm³/mol. The molecule has 1 saturated heterocycles. The smallest absolute Gasteiger partial charge is 0.409 e. The first-order valence-corrected chi connectivity index (χ1v) is 10.3. The molecule has 1 aliphatic heterocycles. The Morgan fingerprint density at radius 1 is 1.26 bits per heavy atom. The molecule has 0 radical (unpaired) electrons. The summed E-state index contributed by atoms with van der Waals surface area (Å²) in [4.78, 5) is 22.0. The minimum absolute atomic E-state index is 0.228. The van der Waals surface area contributed by atoms with Crippen LogP contribution in [0, 0.1) is 5.82 Å². The van der Waals surface area contributed by atoms with E-state index >= 15 is 0 Å². The summed E-state index contributed by atoms with van der Waals surface area (Å²) in [6.07, 6.45) is 3.06. The third kappa shape index (κ3) is 6.84. The van der Waals surface area contributed by atoms with Crippen molar-refractivity contribution in [2.45, 2.75) is 32.4 Å². The molecule has 1 amide bonds. The first-order valence-electron chi connectivity index (χ1n) is 10.3. The van der Waals surface area contributed by atoms with Crippen LogP contribution in [0.1, 0.15) is 25.3 Å². The molecule has 3 rings (SSSR count). The van der Waals surface area contributed by atoms with Crippen molar-refractivity contribution in [3.63, 3.8) is 0 Å². The van der Waals surface area contributed by atoms with Gasteiger partial charge in [-0.2, -0.15) is 0 Å². The van der Waals surface area contributed by atoms with Crippen LogP contribution in [0.4, 0.5) is 9.18 Å². The zero-order valence-electron chi connectivity index (χ0n) is 17.8. The van der Waals surface area contributed by atoms with Crippen molar-refractivity contribution in [1.82, 2.24) is 20.5 Å². The van der Waals surface area contributed by atoms with Crippen molar-refractivity contribution < 1.29 is 18.7 Å². The van der Waals surface area contributed by atoms with E-state index in [1.165, 1.54) is 12.1 Å². The van der Waals surface area contributed by atoms with E-state index in [1.807, 2.05) is 19.1 Å². The Balaban J connectivity index is 1.47. The molecule has 1 aliphatic rings. The number of pyridine rings is 1. The number of carbonyl (C=O) groups is 1. The largest absolute Gasteiger partial charge is 0.450 e. The zero-order valence-corrected chi connectivity index (χ0v) is 17.8. The van der Waals surface area contributed by atoms with Gasteiger partial charge < -0.3 is 25.0 Å². The van der Waals surface area contributed by atoms with Crippen molar-refractivity contribution in [1.29, 1.82) is 0 Å². The summed E-state index contributed by atoms with van der Waals surface area (Å²) in [5.41, 5.74) is 0.965. The fraction of sp³-hybridized carbons (Fsp3) is 0.409. The molecular weight excluding hydrogens is 401 g/mol. The monoisotopic (exact) mass is 429 g/mol. The first-order chi connectivity index (χ1) is 15.1. The SMILES string of the molecule is CCOC(=O)N1CCC(NC(=NC)NCc2ccnc(Oc3ccc(F)cc3)c2)CC1. The van der Waals surface area contributed by atoms with Crippen LogP contribution in [-0.2, 0) is 11.3 Å². The number of likely N-dealkylation sites (tertiary alicyclic amines) is 1. The van der Waals surface area contributed by atoms with Gasteiger partial charge in [-0.15, -0.1) is 0 Å². The normalized spacial score (nSPS) is 14.8. The highest BCUT2D eigenvalue weighted by atomic mass is 19.1. The summed E-state index contributed by atoms with van der Waals surface area (Å²) < 4.78 is 23.8. The Morgan fingerprint density at radius 2 is 2.00 bits per heavy atom. The van der Waals surface area contributed by atoms with E-state index in [9.17, 15) is 9.18 Å². The van der Waals surface area contributed by atoms with Gasteiger partial charge in [-0.1, -0.05) is 0 Å². The Kier molecular flexibility index (Phi) is 8.03. The predicted octanol–water partition coefficient (Wildman–Crippen LogP) is 3.30. The molecule has 1 fully saturated rings. The van der Waals surface area contributed by atoms with Gasteiger partial charge in [-0.25, -0.2) is 14.2 Å². The molecule has 8 nitrogen and oxygen atoms in total. The molecule has 2 aromatic rings. The number of hydrogen-bond acceptors (Lipinski definition) is 5. The molecular formula is C22H28FN5O3. The van der Waals surface area contributed by atoms with E-state index < -0.39 is 0 Å². The summed E-state index contributed by atoms with van der Waals surface area (Å²) in [5.74, 6) is 1.32. The summed E-state index contributed by atoms with van der Waals surface area (Å²) >= 11 is 0. The number of rotatable bonds is 6. The van der Waals surface area contributed by atoms with Gasteiger partial charge in [-0.3, -0.25) is 4.99 Å². The highest BCUT2D eigenvalue weighted by Gasteiger charge is 2.24. The summed E-state index contributed by atoms with van der Waals surface area (Å²) in [7, 11) is 1.72. The van der Waals surface area contributed by atoms with Gasteiger partial charge in [0.2, 0.25) is 5.88 Å². The Morgan fingerprint density at radius 3 is 2.68 bits per heavy atom. The second-order valence-electron chi connectivity index (χ2n) is 7.09. The summed E-state index contributed by atoms with van der Waals surface area (Å²) in [6, 6.07) is 9.73. The summed E-state index contributed by atoms with van der Waals surface area (Å²) in [6.45, 7) is 4.04. The van der Waals surface area contributed by atoms with Crippen LogP contribution < -0.4 is 15.4 Å². The van der Waals surface area contributed by atoms with Crippen LogP contribution >= 0.6 is 0 Å². The minimum atomic E-state index is -0.316. The topological polar surface area (TPSA) is 88.1 Å². The maximum absolute atomic E-state index is 13.0. The number of piperidine rings is 1. The average Bonchev–Trinajstić information content (AvgIpc) is 2.79.